The Labute approximate surface area is 185 Å². The Morgan fingerprint density at radius 3 is 2.42 bits per heavy atom. The molecule has 4 rings (SSSR count). The summed E-state index contributed by atoms with van der Waals surface area (Å²) in [7, 11) is 0. The van der Waals surface area contributed by atoms with Gasteiger partial charge >= 0.3 is 12.1 Å². The van der Waals surface area contributed by atoms with Gasteiger partial charge in [0.15, 0.2) is 0 Å². The van der Waals surface area contributed by atoms with Gasteiger partial charge in [0.2, 0.25) is 5.82 Å². The number of hydrogen-bond donors (Lipinski definition) is 0. The number of pyridine rings is 1. The molecule has 0 unspecified atom stereocenters. The van der Waals surface area contributed by atoms with Gasteiger partial charge in [-0.05, 0) is 37.3 Å². The van der Waals surface area contributed by atoms with Crippen molar-refractivity contribution in [3.63, 3.8) is 0 Å². The molecule has 11 heteroatoms. The molecule has 0 aliphatic carbocycles. The van der Waals surface area contributed by atoms with Gasteiger partial charge in [0.1, 0.15) is 11.6 Å². The largest absolute Gasteiger partial charge is 0.471 e. The Hall–Kier alpha value is -4.15. The highest BCUT2D eigenvalue weighted by Gasteiger charge is 2.38. The average Bonchev–Trinajstić information content (AvgIpc) is 3.29. The molecule has 7 nitrogen and oxygen atoms in total. The van der Waals surface area contributed by atoms with Crippen LogP contribution in [0.4, 0.5) is 23.2 Å². The van der Waals surface area contributed by atoms with Crippen LogP contribution >= 0.6 is 0 Å². The van der Waals surface area contributed by atoms with Gasteiger partial charge in [-0.15, -0.1) is 0 Å². The molecule has 0 amide bonds. The summed E-state index contributed by atoms with van der Waals surface area (Å²) in [6.45, 7) is 6.05. The number of aryl methyl sites for hydroxylation is 1. The maximum Gasteiger partial charge on any atom is 0.471 e. The highest BCUT2D eigenvalue weighted by molar-refractivity contribution is 5.77. The van der Waals surface area contributed by atoms with E-state index in [1.807, 2.05) is 0 Å². The van der Waals surface area contributed by atoms with Crippen LogP contribution in [-0.4, -0.2) is 25.1 Å². The Kier molecular flexibility index (Phi) is 5.86. The number of halogens is 4. The van der Waals surface area contributed by atoms with Crippen molar-refractivity contribution in [1.82, 2.24) is 25.1 Å². The normalized spacial score (nSPS) is 11.4. The van der Waals surface area contributed by atoms with Crippen molar-refractivity contribution in [2.45, 2.75) is 19.6 Å². The molecule has 0 spiro atoms. The molecule has 33 heavy (non-hydrogen) atoms. The third-order valence-electron chi connectivity index (χ3n) is 4.63. The molecule has 0 saturated carbocycles. The van der Waals surface area contributed by atoms with Crippen LogP contribution in [0.25, 0.3) is 17.1 Å². The van der Waals surface area contributed by atoms with Gasteiger partial charge < -0.3 is 9.42 Å². The van der Waals surface area contributed by atoms with E-state index in [0.29, 0.717) is 28.5 Å². The molecule has 0 bridgehead atoms. The Bertz CT molecular complexity index is 1270. The number of hydrogen-bond acceptors (Lipinski definition) is 7. The SMILES string of the molecule is C=C(c1cnc(C)nc1)N(Cc1ccc(-c2noc(C(F)(F)F)n2)cn1)c1cccc(F)c1. The van der Waals surface area contributed by atoms with Crippen molar-refractivity contribution in [2.24, 2.45) is 0 Å². The maximum absolute atomic E-state index is 13.9. The average molecular weight is 456 g/mol. The number of benzene rings is 1. The van der Waals surface area contributed by atoms with Gasteiger partial charge in [-0.3, -0.25) is 4.98 Å². The van der Waals surface area contributed by atoms with E-state index < -0.39 is 17.9 Å². The van der Waals surface area contributed by atoms with Gasteiger partial charge in [-0.2, -0.15) is 18.2 Å². The molecule has 0 N–H and O–H groups in total. The second-order valence-electron chi connectivity index (χ2n) is 6.99. The van der Waals surface area contributed by atoms with Gasteiger partial charge in [0.25, 0.3) is 0 Å². The molecule has 3 aromatic heterocycles. The van der Waals surface area contributed by atoms with Crippen molar-refractivity contribution in [1.29, 1.82) is 0 Å². The lowest BCUT2D eigenvalue weighted by Crippen LogP contribution is -2.21. The lowest BCUT2D eigenvalue weighted by molar-refractivity contribution is -0.159. The van der Waals surface area contributed by atoms with E-state index in [-0.39, 0.29) is 17.9 Å². The molecule has 1 aromatic carbocycles. The lowest BCUT2D eigenvalue weighted by Gasteiger charge is -2.26. The highest BCUT2D eigenvalue weighted by atomic mass is 19.4. The lowest BCUT2D eigenvalue weighted by atomic mass is 10.1. The van der Waals surface area contributed by atoms with E-state index >= 15 is 0 Å². The number of rotatable bonds is 6. The topological polar surface area (TPSA) is 80.8 Å². The molecule has 0 atom stereocenters. The summed E-state index contributed by atoms with van der Waals surface area (Å²) in [5, 5.41) is 3.35. The van der Waals surface area contributed by atoms with Crippen LogP contribution in [0.1, 0.15) is 23.0 Å². The molecule has 0 radical (unpaired) electrons. The summed E-state index contributed by atoms with van der Waals surface area (Å²) in [4.78, 5) is 17.7. The van der Waals surface area contributed by atoms with Crippen LogP contribution in [0.15, 0.2) is 66.1 Å². The summed E-state index contributed by atoms with van der Waals surface area (Å²) >= 11 is 0. The van der Waals surface area contributed by atoms with Crippen LogP contribution in [0.5, 0.6) is 0 Å². The third-order valence-corrected chi connectivity index (χ3v) is 4.63. The fourth-order valence-corrected chi connectivity index (χ4v) is 2.95. The second-order valence-corrected chi connectivity index (χ2v) is 6.99. The van der Waals surface area contributed by atoms with Crippen LogP contribution in [0, 0.1) is 12.7 Å². The number of alkyl halides is 3. The van der Waals surface area contributed by atoms with Crippen LogP contribution in [0.2, 0.25) is 0 Å². The van der Waals surface area contributed by atoms with Crippen LogP contribution in [-0.2, 0) is 12.7 Å². The standard InChI is InChI=1S/C22H16F4N6O/c1-13(16-10-27-14(2)28-11-16)32(19-5-3-4-17(23)8-19)12-18-7-6-15(9-29-18)20-30-21(33-31-20)22(24,25)26/h3-11H,1,12H2,2H3. The van der Waals surface area contributed by atoms with E-state index in [0.717, 1.165) is 0 Å². The van der Waals surface area contributed by atoms with Crippen molar-refractivity contribution in [3.8, 4) is 11.4 Å². The fourth-order valence-electron chi connectivity index (χ4n) is 2.95. The summed E-state index contributed by atoms with van der Waals surface area (Å²) in [6, 6.07) is 9.09. The quantitative estimate of drug-likeness (QED) is 0.375. The number of nitrogens with zero attached hydrogens (tertiary/aromatic N) is 6. The zero-order valence-corrected chi connectivity index (χ0v) is 17.2. The highest BCUT2D eigenvalue weighted by Crippen LogP contribution is 2.30. The molecular weight excluding hydrogens is 440 g/mol. The zero-order valence-electron chi connectivity index (χ0n) is 17.2. The molecule has 168 valence electrons. The van der Waals surface area contributed by atoms with Crippen molar-refractivity contribution < 1.29 is 22.1 Å². The second kappa shape index (κ2) is 8.77. The minimum atomic E-state index is -4.73. The van der Waals surface area contributed by atoms with E-state index in [4.69, 9.17) is 0 Å². The van der Waals surface area contributed by atoms with Gasteiger partial charge in [-0.25, -0.2) is 14.4 Å². The zero-order chi connectivity index (χ0) is 23.6. The Morgan fingerprint density at radius 1 is 1.06 bits per heavy atom. The van der Waals surface area contributed by atoms with E-state index in [1.54, 1.807) is 42.4 Å². The molecule has 0 aliphatic rings. The van der Waals surface area contributed by atoms with Crippen LogP contribution in [0.3, 0.4) is 0 Å². The third kappa shape index (κ3) is 5.03. The first-order valence-corrected chi connectivity index (χ1v) is 9.58. The predicted octanol–water partition coefficient (Wildman–Crippen LogP) is 5.07. The van der Waals surface area contributed by atoms with E-state index in [9.17, 15) is 17.6 Å². The maximum atomic E-state index is 13.9. The summed E-state index contributed by atoms with van der Waals surface area (Å²) in [6.07, 6.45) is -0.171. The number of aromatic nitrogens is 5. The fraction of sp³-hybridized carbons (Fsp3) is 0.136. The van der Waals surface area contributed by atoms with E-state index in [2.05, 4.69) is 36.2 Å². The summed E-state index contributed by atoms with van der Waals surface area (Å²) in [5.41, 5.74) is 2.46. The Morgan fingerprint density at radius 2 is 1.82 bits per heavy atom. The molecular formula is C22H16F4N6O. The van der Waals surface area contributed by atoms with Crippen LogP contribution < -0.4 is 4.90 Å². The summed E-state index contributed by atoms with van der Waals surface area (Å²) in [5.74, 6) is -1.50. The molecule has 0 aliphatic heterocycles. The first-order valence-electron chi connectivity index (χ1n) is 9.58. The number of anilines is 1. The van der Waals surface area contributed by atoms with Gasteiger partial charge in [-0.1, -0.05) is 17.8 Å². The van der Waals surface area contributed by atoms with Gasteiger partial charge in [0.05, 0.1) is 12.2 Å². The van der Waals surface area contributed by atoms with Gasteiger partial charge in [0, 0.05) is 41.1 Å². The monoisotopic (exact) mass is 456 g/mol. The molecule has 4 aromatic rings. The molecule has 0 fully saturated rings. The van der Waals surface area contributed by atoms with Crippen molar-refractivity contribution in [2.75, 3.05) is 4.90 Å². The molecule has 3 heterocycles. The first-order chi connectivity index (χ1) is 15.7. The Balaban J connectivity index is 1.61. The minimum absolute atomic E-state index is 0.191. The van der Waals surface area contributed by atoms with Crippen molar-refractivity contribution >= 4 is 11.4 Å². The van der Waals surface area contributed by atoms with Crippen molar-refractivity contribution in [3.05, 3.63) is 90.4 Å². The predicted molar refractivity (Wildman–Crippen MR) is 111 cm³/mol. The minimum Gasteiger partial charge on any atom is -0.335 e. The smallest absolute Gasteiger partial charge is 0.335 e. The molecule has 0 saturated heterocycles. The first kappa shape index (κ1) is 22.1. The van der Waals surface area contributed by atoms with E-state index in [1.165, 1.54) is 24.4 Å². The summed E-state index contributed by atoms with van der Waals surface area (Å²) < 4.78 is 56.2.